The fourth-order valence-electron chi connectivity index (χ4n) is 4.03. The summed E-state index contributed by atoms with van der Waals surface area (Å²) in [5.41, 5.74) is -0.420. The van der Waals surface area contributed by atoms with Gasteiger partial charge >= 0.3 is 0 Å². The lowest BCUT2D eigenvalue weighted by Gasteiger charge is -2.43. The molecule has 2 aliphatic rings. The van der Waals surface area contributed by atoms with E-state index >= 15 is 0 Å². The molecule has 2 fully saturated rings. The summed E-state index contributed by atoms with van der Waals surface area (Å²) in [5, 5.41) is 2.87. The van der Waals surface area contributed by atoms with Gasteiger partial charge in [-0.3, -0.25) is 9.69 Å². The zero-order valence-corrected chi connectivity index (χ0v) is 19.2. The number of carbonyl (C=O) groups excluding carboxylic acids is 1. The van der Waals surface area contributed by atoms with Gasteiger partial charge in [-0.25, -0.2) is 12.8 Å². The van der Waals surface area contributed by atoms with Gasteiger partial charge in [0.1, 0.15) is 5.82 Å². The first-order valence-corrected chi connectivity index (χ1v) is 12.9. The Labute approximate surface area is 182 Å². The van der Waals surface area contributed by atoms with Gasteiger partial charge in [0, 0.05) is 44.0 Å². The van der Waals surface area contributed by atoms with E-state index in [0.717, 1.165) is 43.1 Å². The molecular formula is C20H30FN3O4S2. The van der Waals surface area contributed by atoms with Crippen molar-refractivity contribution < 1.29 is 22.3 Å². The summed E-state index contributed by atoms with van der Waals surface area (Å²) >= 11 is 1.85. The molecule has 168 valence electrons. The Morgan fingerprint density at radius 3 is 2.60 bits per heavy atom. The zero-order valence-electron chi connectivity index (χ0n) is 17.5. The van der Waals surface area contributed by atoms with Gasteiger partial charge in [0.15, 0.2) is 0 Å². The predicted octanol–water partition coefficient (Wildman–Crippen LogP) is 1.79. The standard InChI is InChI=1S/C20H30FN3O4S2/c1-3-24(4-2)30(26,27)16-5-6-18(21)17(13-16)19(25)22-14-20(7-12-29-15-20)23-8-10-28-11-9-23/h5-6,13H,3-4,7-12,14-15H2,1-2H3,(H,22,25). The zero-order chi connectivity index (χ0) is 21.8. The summed E-state index contributed by atoms with van der Waals surface area (Å²) < 4.78 is 46.7. The lowest BCUT2D eigenvalue weighted by atomic mass is 9.95. The summed E-state index contributed by atoms with van der Waals surface area (Å²) in [6.07, 6.45) is 0.941. The molecule has 0 aliphatic carbocycles. The summed E-state index contributed by atoms with van der Waals surface area (Å²) in [7, 11) is -3.77. The van der Waals surface area contributed by atoms with Crippen LogP contribution < -0.4 is 5.32 Å². The monoisotopic (exact) mass is 459 g/mol. The van der Waals surface area contributed by atoms with Crippen LogP contribution in [-0.2, 0) is 14.8 Å². The molecule has 2 heterocycles. The number of halogens is 1. The average molecular weight is 460 g/mol. The highest BCUT2D eigenvalue weighted by molar-refractivity contribution is 7.99. The highest BCUT2D eigenvalue weighted by atomic mass is 32.2. The molecule has 0 spiro atoms. The second-order valence-corrected chi connectivity index (χ2v) is 10.6. The number of rotatable bonds is 8. The molecule has 10 heteroatoms. The average Bonchev–Trinajstić information content (AvgIpc) is 3.24. The van der Waals surface area contributed by atoms with Crippen LogP contribution in [0.2, 0.25) is 0 Å². The third kappa shape index (κ3) is 4.83. The van der Waals surface area contributed by atoms with E-state index in [0.29, 0.717) is 32.8 Å². The van der Waals surface area contributed by atoms with Gasteiger partial charge in [-0.2, -0.15) is 16.1 Å². The maximum absolute atomic E-state index is 14.4. The van der Waals surface area contributed by atoms with Crippen molar-refractivity contribution in [3.05, 3.63) is 29.6 Å². The van der Waals surface area contributed by atoms with Crippen LogP contribution in [0.5, 0.6) is 0 Å². The molecule has 2 aliphatic heterocycles. The Balaban J connectivity index is 1.78. The smallest absolute Gasteiger partial charge is 0.254 e. The van der Waals surface area contributed by atoms with Crippen LogP contribution in [0.3, 0.4) is 0 Å². The molecule has 0 radical (unpaired) electrons. The number of sulfonamides is 1. The number of hydrogen-bond acceptors (Lipinski definition) is 6. The topological polar surface area (TPSA) is 79.0 Å². The van der Waals surface area contributed by atoms with Gasteiger partial charge in [0.2, 0.25) is 10.0 Å². The van der Waals surface area contributed by atoms with E-state index in [1.807, 2.05) is 11.8 Å². The molecule has 3 rings (SSSR count). The number of ether oxygens (including phenoxy) is 1. The van der Waals surface area contributed by atoms with Gasteiger partial charge < -0.3 is 10.1 Å². The molecule has 1 atom stereocenters. The van der Waals surface area contributed by atoms with Crippen LogP contribution in [0.4, 0.5) is 4.39 Å². The Bertz CT molecular complexity index is 850. The number of thioether (sulfide) groups is 1. The van der Waals surface area contributed by atoms with Crippen molar-refractivity contribution in [2.45, 2.75) is 30.7 Å². The molecule has 1 amide bonds. The molecule has 0 bridgehead atoms. The van der Waals surface area contributed by atoms with Crippen molar-refractivity contribution in [2.75, 3.05) is 57.4 Å². The SMILES string of the molecule is CCN(CC)S(=O)(=O)c1ccc(F)c(C(=O)NCC2(N3CCOCC3)CCSC2)c1. The Morgan fingerprint density at radius 1 is 1.30 bits per heavy atom. The van der Waals surface area contributed by atoms with Crippen molar-refractivity contribution >= 4 is 27.7 Å². The largest absolute Gasteiger partial charge is 0.379 e. The first-order valence-electron chi connectivity index (χ1n) is 10.3. The van der Waals surface area contributed by atoms with Crippen LogP contribution >= 0.6 is 11.8 Å². The Kier molecular flexibility index (Phi) is 7.78. The van der Waals surface area contributed by atoms with E-state index in [-0.39, 0.29) is 16.0 Å². The molecule has 2 saturated heterocycles. The Hall–Kier alpha value is -1.20. The number of amides is 1. The van der Waals surface area contributed by atoms with E-state index in [2.05, 4.69) is 10.2 Å². The Morgan fingerprint density at radius 2 is 2.00 bits per heavy atom. The number of nitrogens with one attached hydrogen (secondary N) is 1. The highest BCUT2D eigenvalue weighted by Gasteiger charge is 2.41. The van der Waals surface area contributed by atoms with Crippen molar-refractivity contribution in [3.8, 4) is 0 Å². The first kappa shape index (κ1) is 23.5. The minimum absolute atomic E-state index is 0.0722. The summed E-state index contributed by atoms with van der Waals surface area (Å²) in [4.78, 5) is 15.1. The normalized spacial score (nSPS) is 23.1. The fraction of sp³-hybridized carbons (Fsp3) is 0.650. The molecule has 1 N–H and O–H groups in total. The highest BCUT2D eigenvalue weighted by Crippen LogP contribution is 2.33. The van der Waals surface area contributed by atoms with Gasteiger partial charge in [-0.15, -0.1) is 0 Å². The van der Waals surface area contributed by atoms with E-state index in [4.69, 9.17) is 4.74 Å². The minimum atomic E-state index is -3.77. The quantitative estimate of drug-likeness (QED) is 0.639. The molecular weight excluding hydrogens is 429 g/mol. The van der Waals surface area contributed by atoms with Crippen LogP contribution in [0, 0.1) is 5.82 Å². The van der Waals surface area contributed by atoms with Gasteiger partial charge in [-0.1, -0.05) is 13.8 Å². The van der Waals surface area contributed by atoms with Crippen molar-refractivity contribution in [1.29, 1.82) is 0 Å². The lowest BCUT2D eigenvalue weighted by Crippen LogP contribution is -2.59. The van der Waals surface area contributed by atoms with E-state index in [1.54, 1.807) is 13.8 Å². The van der Waals surface area contributed by atoms with E-state index in [9.17, 15) is 17.6 Å². The minimum Gasteiger partial charge on any atom is -0.379 e. The third-order valence-electron chi connectivity index (χ3n) is 5.87. The molecule has 1 aromatic carbocycles. The maximum atomic E-state index is 14.4. The lowest BCUT2D eigenvalue weighted by molar-refractivity contribution is -0.0129. The molecule has 0 saturated carbocycles. The number of benzene rings is 1. The molecule has 1 aromatic rings. The van der Waals surface area contributed by atoms with Crippen LogP contribution in [0.1, 0.15) is 30.6 Å². The van der Waals surface area contributed by atoms with E-state index in [1.165, 1.54) is 10.4 Å². The van der Waals surface area contributed by atoms with Gasteiger partial charge in [0.25, 0.3) is 5.91 Å². The third-order valence-corrected chi connectivity index (χ3v) is 9.15. The molecule has 30 heavy (non-hydrogen) atoms. The molecule has 1 unspecified atom stereocenters. The number of hydrogen-bond donors (Lipinski definition) is 1. The van der Waals surface area contributed by atoms with Crippen molar-refractivity contribution in [2.24, 2.45) is 0 Å². The first-order chi connectivity index (χ1) is 14.3. The second kappa shape index (κ2) is 9.95. The van der Waals surface area contributed by atoms with Gasteiger partial charge in [0.05, 0.1) is 23.7 Å². The number of nitrogens with zero attached hydrogens (tertiary/aromatic N) is 2. The van der Waals surface area contributed by atoms with Crippen molar-refractivity contribution in [1.82, 2.24) is 14.5 Å². The van der Waals surface area contributed by atoms with Gasteiger partial charge in [-0.05, 0) is 30.4 Å². The fourth-order valence-corrected chi connectivity index (χ4v) is 6.99. The molecule has 0 aromatic heterocycles. The van der Waals surface area contributed by atoms with Crippen LogP contribution in [0.25, 0.3) is 0 Å². The number of carbonyl (C=O) groups is 1. The maximum Gasteiger partial charge on any atom is 0.254 e. The van der Waals surface area contributed by atoms with Crippen LogP contribution in [0.15, 0.2) is 23.1 Å². The van der Waals surface area contributed by atoms with Crippen molar-refractivity contribution in [3.63, 3.8) is 0 Å². The predicted molar refractivity (Wildman–Crippen MR) is 116 cm³/mol. The number of morpholine rings is 1. The summed E-state index contributed by atoms with van der Waals surface area (Å²) in [6, 6.07) is 3.40. The second-order valence-electron chi connectivity index (χ2n) is 7.54. The summed E-state index contributed by atoms with van der Waals surface area (Å²) in [6.45, 7) is 7.43. The van der Waals surface area contributed by atoms with Crippen LogP contribution in [-0.4, -0.2) is 86.5 Å². The molecule has 7 nitrogen and oxygen atoms in total. The summed E-state index contributed by atoms with van der Waals surface area (Å²) in [5.74, 6) is 0.589. The van der Waals surface area contributed by atoms with E-state index < -0.39 is 21.7 Å².